The van der Waals surface area contributed by atoms with Gasteiger partial charge in [0.15, 0.2) is 0 Å². The fraction of sp³-hybridized carbons (Fsp3) is 0.533. The first kappa shape index (κ1) is 16.1. The molecule has 0 aromatic heterocycles. The van der Waals surface area contributed by atoms with Gasteiger partial charge in [0.25, 0.3) is 0 Å². The van der Waals surface area contributed by atoms with E-state index >= 15 is 0 Å². The molecule has 0 spiro atoms. The normalized spacial score (nSPS) is 21.3. The minimum absolute atomic E-state index is 0.00333. The van der Waals surface area contributed by atoms with Crippen molar-refractivity contribution in [3.8, 4) is 5.75 Å². The number of carbonyl (C=O) groups excluding carboxylic acids is 1. The Hall–Kier alpha value is -1.30. The molecule has 1 fully saturated rings. The number of hydrogen-bond donors (Lipinski definition) is 2. The molecule has 1 saturated carbocycles. The van der Waals surface area contributed by atoms with Crippen LogP contribution >= 0.6 is 11.6 Å². The van der Waals surface area contributed by atoms with Crippen molar-refractivity contribution in [3.05, 3.63) is 23.2 Å². The number of methoxy groups -OCH3 is 1. The van der Waals surface area contributed by atoms with E-state index in [9.17, 15) is 4.79 Å². The molecule has 3 N–H and O–H groups in total. The van der Waals surface area contributed by atoms with E-state index in [0.717, 1.165) is 19.3 Å². The SMILES string of the molecule is COCCOc1ccc(NC(=O)C2CCC(N)C2)cc1Cl. The molecule has 1 aliphatic rings. The van der Waals surface area contributed by atoms with Crippen LogP contribution < -0.4 is 15.8 Å². The molecule has 0 heterocycles. The number of anilines is 1. The lowest BCUT2D eigenvalue weighted by Crippen LogP contribution is -2.23. The Balaban J connectivity index is 1.92. The summed E-state index contributed by atoms with van der Waals surface area (Å²) in [7, 11) is 1.61. The maximum atomic E-state index is 12.1. The second kappa shape index (κ2) is 7.64. The Morgan fingerprint density at radius 1 is 1.43 bits per heavy atom. The van der Waals surface area contributed by atoms with Gasteiger partial charge in [0.2, 0.25) is 5.91 Å². The topological polar surface area (TPSA) is 73.6 Å². The van der Waals surface area contributed by atoms with Gasteiger partial charge in [-0.1, -0.05) is 11.6 Å². The number of nitrogens with two attached hydrogens (primary N) is 1. The van der Waals surface area contributed by atoms with Gasteiger partial charge in [-0.25, -0.2) is 0 Å². The summed E-state index contributed by atoms with van der Waals surface area (Å²) in [6.45, 7) is 0.929. The number of rotatable bonds is 6. The van der Waals surface area contributed by atoms with Crippen LogP contribution in [-0.2, 0) is 9.53 Å². The average Bonchev–Trinajstić information content (AvgIpc) is 2.88. The summed E-state index contributed by atoms with van der Waals surface area (Å²) >= 11 is 6.14. The Labute approximate surface area is 129 Å². The third-order valence-electron chi connectivity index (χ3n) is 3.59. The summed E-state index contributed by atoms with van der Waals surface area (Å²) < 4.78 is 10.4. The highest BCUT2D eigenvalue weighted by Crippen LogP contribution is 2.29. The highest BCUT2D eigenvalue weighted by atomic mass is 35.5. The zero-order valence-electron chi connectivity index (χ0n) is 12.1. The van der Waals surface area contributed by atoms with E-state index in [4.69, 9.17) is 26.8 Å². The van der Waals surface area contributed by atoms with Gasteiger partial charge in [0, 0.05) is 24.8 Å². The standard InChI is InChI=1S/C15H21ClN2O3/c1-20-6-7-21-14-5-4-12(9-13(14)16)18-15(19)10-2-3-11(17)8-10/h4-5,9-11H,2-3,6-8,17H2,1H3,(H,18,19). The van der Waals surface area contributed by atoms with E-state index < -0.39 is 0 Å². The van der Waals surface area contributed by atoms with E-state index in [1.807, 2.05) is 0 Å². The van der Waals surface area contributed by atoms with Crippen LogP contribution in [0.1, 0.15) is 19.3 Å². The van der Waals surface area contributed by atoms with Gasteiger partial charge in [0.05, 0.1) is 11.6 Å². The number of ether oxygens (including phenoxy) is 2. The summed E-state index contributed by atoms with van der Waals surface area (Å²) in [5.41, 5.74) is 6.50. The molecule has 1 aromatic rings. The van der Waals surface area contributed by atoms with Crippen molar-refractivity contribution in [1.29, 1.82) is 0 Å². The van der Waals surface area contributed by atoms with Crippen molar-refractivity contribution in [2.45, 2.75) is 25.3 Å². The molecule has 0 bridgehead atoms. The number of benzene rings is 1. The Bertz CT molecular complexity index is 496. The molecular formula is C15H21ClN2O3. The van der Waals surface area contributed by atoms with Crippen molar-refractivity contribution in [3.63, 3.8) is 0 Å². The monoisotopic (exact) mass is 312 g/mol. The highest BCUT2D eigenvalue weighted by Gasteiger charge is 2.27. The van der Waals surface area contributed by atoms with E-state index in [2.05, 4.69) is 5.32 Å². The molecule has 116 valence electrons. The maximum Gasteiger partial charge on any atom is 0.227 e. The third-order valence-corrected chi connectivity index (χ3v) is 3.88. The van der Waals surface area contributed by atoms with Gasteiger partial charge in [-0.05, 0) is 37.5 Å². The van der Waals surface area contributed by atoms with Crippen molar-refractivity contribution in [1.82, 2.24) is 0 Å². The molecule has 1 amide bonds. The first-order valence-electron chi connectivity index (χ1n) is 7.08. The molecule has 6 heteroatoms. The number of nitrogens with one attached hydrogen (secondary N) is 1. The summed E-state index contributed by atoms with van der Waals surface area (Å²) in [4.78, 5) is 12.1. The highest BCUT2D eigenvalue weighted by molar-refractivity contribution is 6.32. The molecule has 21 heavy (non-hydrogen) atoms. The molecule has 2 atom stereocenters. The lowest BCUT2D eigenvalue weighted by atomic mass is 10.1. The van der Waals surface area contributed by atoms with Gasteiger partial charge in [-0.2, -0.15) is 0 Å². The van der Waals surface area contributed by atoms with Gasteiger partial charge in [-0.3, -0.25) is 4.79 Å². The first-order valence-corrected chi connectivity index (χ1v) is 7.45. The molecule has 0 saturated heterocycles. The van der Waals surface area contributed by atoms with Crippen LogP contribution in [0.5, 0.6) is 5.75 Å². The molecule has 1 aromatic carbocycles. The number of hydrogen-bond acceptors (Lipinski definition) is 4. The number of halogens is 1. The average molecular weight is 313 g/mol. The summed E-state index contributed by atoms with van der Waals surface area (Å²) in [5, 5.41) is 3.35. The van der Waals surface area contributed by atoms with Crippen LogP contribution in [0.15, 0.2) is 18.2 Å². The maximum absolute atomic E-state index is 12.1. The van der Waals surface area contributed by atoms with E-state index in [0.29, 0.717) is 29.7 Å². The minimum Gasteiger partial charge on any atom is -0.490 e. The minimum atomic E-state index is -0.00333. The van der Waals surface area contributed by atoms with E-state index in [1.165, 1.54) is 0 Å². The fourth-order valence-electron chi connectivity index (χ4n) is 2.43. The number of amides is 1. The third kappa shape index (κ3) is 4.59. The van der Waals surface area contributed by atoms with Crippen molar-refractivity contribution in [2.24, 2.45) is 11.7 Å². The molecule has 2 rings (SSSR count). The first-order chi connectivity index (χ1) is 10.1. The number of carbonyl (C=O) groups is 1. The summed E-state index contributed by atoms with van der Waals surface area (Å²) in [6.07, 6.45) is 2.50. The van der Waals surface area contributed by atoms with Crippen molar-refractivity contribution in [2.75, 3.05) is 25.6 Å². The Morgan fingerprint density at radius 2 is 2.24 bits per heavy atom. The molecule has 1 aliphatic carbocycles. The van der Waals surface area contributed by atoms with Crippen LogP contribution in [0.4, 0.5) is 5.69 Å². The zero-order chi connectivity index (χ0) is 15.2. The van der Waals surface area contributed by atoms with Gasteiger partial charge in [0.1, 0.15) is 12.4 Å². The van der Waals surface area contributed by atoms with Crippen molar-refractivity contribution < 1.29 is 14.3 Å². The second-order valence-corrected chi connectivity index (χ2v) is 5.65. The fourth-order valence-corrected chi connectivity index (χ4v) is 2.66. The quantitative estimate of drug-likeness (QED) is 0.791. The van der Waals surface area contributed by atoms with E-state index in [-0.39, 0.29) is 17.9 Å². The van der Waals surface area contributed by atoms with Gasteiger partial charge >= 0.3 is 0 Å². The smallest absolute Gasteiger partial charge is 0.227 e. The Morgan fingerprint density at radius 3 is 2.86 bits per heavy atom. The molecule has 0 radical (unpaired) electrons. The van der Waals surface area contributed by atoms with Crippen LogP contribution in [0.3, 0.4) is 0 Å². The van der Waals surface area contributed by atoms with Gasteiger partial charge < -0.3 is 20.5 Å². The predicted octanol–water partition coefficient (Wildman–Crippen LogP) is 2.43. The Kier molecular flexibility index (Phi) is 5.85. The summed E-state index contributed by atoms with van der Waals surface area (Å²) in [6, 6.07) is 5.35. The molecule has 5 nitrogen and oxygen atoms in total. The van der Waals surface area contributed by atoms with E-state index in [1.54, 1.807) is 25.3 Å². The molecule has 2 unspecified atom stereocenters. The van der Waals surface area contributed by atoms with Crippen molar-refractivity contribution >= 4 is 23.2 Å². The molecule has 0 aliphatic heterocycles. The summed E-state index contributed by atoms with van der Waals surface area (Å²) in [5.74, 6) is 0.582. The molecular weight excluding hydrogens is 292 g/mol. The second-order valence-electron chi connectivity index (χ2n) is 5.25. The van der Waals surface area contributed by atoms with Gasteiger partial charge in [-0.15, -0.1) is 0 Å². The zero-order valence-corrected chi connectivity index (χ0v) is 12.9. The van der Waals surface area contributed by atoms with Crippen LogP contribution in [-0.4, -0.2) is 32.3 Å². The van der Waals surface area contributed by atoms with Crippen LogP contribution in [0, 0.1) is 5.92 Å². The van der Waals surface area contributed by atoms with Crippen LogP contribution in [0.25, 0.3) is 0 Å². The lowest BCUT2D eigenvalue weighted by molar-refractivity contribution is -0.119. The lowest BCUT2D eigenvalue weighted by Gasteiger charge is -2.13. The largest absolute Gasteiger partial charge is 0.490 e. The van der Waals surface area contributed by atoms with Crippen LogP contribution in [0.2, 0.25) is 5.02 Å². The predicted molar refractivity (Wildman–Crippen MR) is 82.8 cm³/mol.